The van der Waals surface area contributed by atoms with Gasteiger partial charge in [-0.1, -0.05) is 109 Å². The summed E-state index contributed by atoms with van der Waals surface area (Å²) in [6.45, 7) is 12.6. The standard InChI is InChI=1S/C43H65N7O8/c1-7-29(6)38(42(56)45-24-28(4)5)49-41(55)35-19-14-20-50(35)25-36(51)32(22-30-15-10-8-11-16-30)46-40(54)34(23-37(44)52)47-39(53)33(21-27(2)3)48-43(57)58-26-31-17-12-9-13-18-31/h8-13,15-18,27-29,32-36,38,51H,7,14,19-26H2,1-6H3,(H2,44,52)(H,45,56)(H,46,54)(H,47,53)(H,48,57)(H,49,55)/t29-,32-,33-,34-,35-,36+,38-/m0/s1. The van der Waals surface area contributed by atoms with Gasteiger partial charge >= 0.3 is 6.09 Å². The summed E-state index contributed by atoms with van der Waals surface area (Å²) in [4.78, 5) is 81.3. The fourth-order valence-corrected chi connectivity index (χ4v) is 6.80. The summed E-state index contributed by atoms with van der Waals surface area (Å²) in [5, 5.41) is 25.7. The lowest BCUT2D eigenvalue weighted by molar-refractivity contribution is -0.133. The number of hydrogen-bond donors (Lipinski definition) is 7. The predicted octanol–water partition coefficient (Wildman–Crippen LogP) is 2.54. The second-order valence-corrected chi connectivity index (χ2v) is 16.2. The third kappa shape index (κ3) is 16.1. The number of aliphatic hydroxyl groups excluding tert-OH is 1. The molecule has 1 saturated heterocycles. The number of nitrogens with one attached hydrogen (secondary N) is 5. The zero-order valence-electron chi connectivity index (χ0n) is 34.9. The Bertz CT molecular complexity index is 1630. The summed E-state index contributed by atoms with van der Waals surface area (Å²) < 4.78 is 5.32. The van der Waals surface area contributed by atoms with E-state index in [4.69, 9.17) is 10.5 Å². The molecule has 3 rings (SSSR count). The smallest absolute Gasteiger partial charge is 0.408 e. The molecule has 6 amide bonds. The molecule has 58 heavy (non-hydrogen) atoms. The van der Waals surface area contributed by atoms with E-state index in [0.717, 1.165) is 11.1 Å². The number of nitrogens with zero attached hydrogens (tertiary/aromatic N) is 1. The minimum atomic E-state index is -1.43. The van der Waals surface area contributed by atoms with Gasteiger partial charge in [-0.25, -0.2) is 4.79 Å². The first-order valence-corrected chi connectivity index (χ1v) is 20.5. The summed E-state index contributed by atoms with van der Waals surface area (Å²) in [6, 6.07) is 13.4. The highest BCUT2D eigenvalue weighted by Gasteiger charge is 2.37. The summed E-state index contributed by atoms with van der Waals surface area (Å²) in [7, 11) is 0. The van der Waals surface area contributed by atoms with E-state index >= 15 is 0 Å². The molecule has 0 bridgehead atoms. The molecular weight excluding hydrogens is 743 g/mol. The van der Waals surface area contributed by atoms with Gasteiger partial charge in [-0.15, -0.1) is 0 Å². The summed E-state index contributed by atoms with van der Waals surface area (Å²) >= 11 is 0. The van der Waals surface area contributed by atoms with Crippen LogP contribution in [0.25, 0.3) is 0 Å². The lowest BCUT2D eigenvalue weighted by Crippen LogP contribution is -2.59. The van der Waals surface area contributed by atoms with Crippen molar-refractivity contribution in [3.8, 4) is 0 Å². The van der Waals surface area contributed by atoms with E-state index in [-0.39, 0.29) is 55.6 Å². The molecule has 15 nitrogen and oxygen atoms in total. The molecular formula is C43H65N7O8. The molecule has 1 heterocycles. The molecule has 7 atom stereocenters. The van der Waals surface area contributed by atoms with Crippen LogP contribution in [0.1, 0.15) is 84.8 Å². The zero-order chi connectivity index (χ0) is 42.8. The lowest BCUT2D eigenvalue weighted by atomic mass is 9.97. The topological polar surface area (TPSA) is 221 Å². The van der Waals surface area contributed by atoms with E-state index in [1.165, 1.54) is 0 Å². The van der Waals surface area contributed by atoms with Crippen LogP contribution in [0.2, 0.25) is 0 Å². The molecule has 0 radical (unpaired) electrons. The molecule has 2 aromatic rings. The number of hydrogen-bond acceptors (Lipinski definition) is 9. The van der Waals surface area contributed by atoms with Gasteiger partial charge in [0.2, 0.25) is 29.5 Å². The van der Waals surface area contributed by atoms with Crippen LogP contribution in [-0.4, -0.2) is 102 Å². The number of β-amino-alcohol motifs (C(OH)–C–C–N with tert-alkyl or cyclic N) is 1. The van der Waals surface area contributed by atoms with Crippen molar-refractivity contribution >= 4 is 35.6 Å². The van der Waals surface area contributed by atoms with E-state index in [1.54, 1.807) is 12.1 Å². The Balaban J connectivity index is 1.77. The maximum Gasteiger partial charge on any atom is 0.408 e. The first kappa shape index (κ1) is 47.4. The highest BCUT2D eigenvalue weighted by molar-refractivity contribution is 5.94. The number of alkyl carbamates (subject to hydrolysis) is 1. The van der Waals surface area contributed by atoms with E-state index in [1.807, 2.05) is 95.0 Å². The third-order valence-electron chi connectivity index (χ3n) is 10.2. The molecule has 15 heteroatoms. The third-order valence-corrected chi connectivity index (χ3v) is 10.2. The van der Waals surface area contributed by atoms with Crippen LogP contribution in [0, 0.1) is 17.8 Å². The Labute approximate surface area is 343 Å². The van der Waals surface area contributed by atoms with Crippen LogP contribution in [0.15, 0.2) is 60.7 Å². The molecule has 0 aromatic heterocycles. The van der Waals surface area contributed by atoms with Crippen molar-refractivity contribution in [3.63, 3.8) is 0 Å². The number of benzene rings is 2. The van der Waals surface area contributed by atoms with Crippen molar-refractivity contribution < 1.29 is 38.6 Å². The number of ether oxygens (including phenoxy) is 1. The number of nitrogens with two attached hydrogens (primary N) is 1. The molecule has 1 fully saturated rings. The Morgan fingerprint density at radius 2 is 1.43 bits per heavy atom. The Hall–Kier alpha value is -5.02. The van der Waals surface area contributed by atoms with Crippen molar-refractivity contribution in [2.24, 2.45) is 23.5 Å². The van der Waals surface area contributed by atoms with E-state index in [2.05, 4.69) is 26.6 Å². The first-order valence-electron chi connectivity index (χ1n) is 20.5. The molecule has 0 unspecified atom stereocenters. The number of primary amides is 1. The van der Waals surface area contributed by atoms with Gasteiger partial charge in [0, 0.05) is 13.1 Å². The Kier molecular flexibility index (Phi) is 19.6. The van der Waals surface area contributed by atoms with Gasteiger partial charge in [0.25, 0.3) is 0 Å². The maximum absolute atomic E-state index is 14.0. The van der Waals surface area contributed by atoms with Gasteiger partial charge < -0.3 is 42.2 Å². The van der Waals surface area contributed by atoms with E-state index < -0.39 is 66.5 Å². The highest BCUT2D eigenvalue weighted by Crippen LogP contribution is 2.21. The Morgan fingerprint density at radius 3 is 2.02 bits per heavy atom. The number of likely N-dealkylation sites (tertiary alicyclic amines) is 1. The Morgan fingerprint density at radius 1 is 0.810 bits per heavy atom. The van der Waals surface area contributed by atoms with Gasteiger partial charge in [-0.3, -0.25) is 28.9 Å². The van der Waals surface area contributed by atoms with Crippen LogP contribution < -0.4 is 32.3 Å². The quantitative estimate of drug-likeness (QED) is 0.0876. The number of carbonyl (C=O) groups is 6. The molecule has 0 saturated carbocycles. The van der Waals surface area contributed by atoms with Gasteiger partial charge in [-0.2, -0.15) is 0 Å². The first-order chi connectivity index (χ1) is 27.6. The molecule has 1 aliphatic heterocycles. The van der Waals surface area contributed by atoms with Crippen molar-refractivity contribution in [2.45, 2.75) is 123 Å². The summed E-state index contributed by atoms with van der Waals surface area (Å²) in [5.74, 6) is -2.78. The number of aliphatic hydroxyl groups is 1. The van der Waals surface area contributed by atoms with Crippen molar-refractivity contribution in [1.29, 1.82) is 0 Å². The molecule has 320 valence electrons. The fourth-order valence-electron chi connectivity index (χ4n) is 6.80. The minimum absolute atomic E-state index is 0.0156. The second kappa shape index (κ2) is 24.0. The maximum atomic E-state index is 14.0. The average molecular weight is 808 g/mol. The number of rotatable bonds is 23. The van der Waals surface area contributed by atoms with Crippen molar-refractivity contribution in [3.05, 3.63) is 71.8 Å². The summed E-state index contributed by atoms with van der Waals surface area (Å²) in [6.07, 6.45) is -0.289. The lowest BCUT2D eigenvalue weighted by Gasteiger charge is -2.33. The van der Waals surface area contributed by atoms with E-state index in [9.17, 15) is 33.9 Å². The van der Waals surface area contributed by atoms with Crippen LogP contribution in [0.5, 0.6) is 0 Å². The average Bonchev–Trinajstić information content (AvgIpc) is 3.65. The van der Waals surface area contributed by atoms with Gasteiger partial charge in [-0.05, 0) is 61.1 Å². The van der Waals surface area contributed by atoms with Crippen LogP contribution in [0.3, 0.4) is 0 Å². The number of amides is 6. The minimum Gasteiger partial charge on any atom is -0.445 e. The van der Waals surface area contributed by atoms with Gasteiger partial charge in [0.1, 0.15) is 24.7 Å². The fraction of sp³-hybridized carbons (Fsp3) is 0.581. The summed E-state index contributed by atoms with van der Waals surface area (Å²) in [5.41, 5.74) is 7.10. The number of carbonyl (C=O) groups excluding carboxylic acids is 6. The largest absolute Gasteiger partial charge is 0.445 e. The molecule has 2 aromatic carbocycles. The monoisotopic (exact) mass is 807 g/mol. The SMILES string of the molecule is CC[C@H](C)[C@H](NC(=O)[C@@H]1CCCN1C[C@@H](O)[C@H](Cc1ccccc1)NC(=O)[C@H](CC(N)=O)NC(=O)[C@H](CC(C)C)NC(=O)OCc1ccccc1)C(=O)NCC(C)C. The molecule has 0 aliphatic carbocycles. The second-order valence-electron chi connectivity index (χ2n) is 16.2. The van der Waals surface area contributed by atoms with Crippen LogP contribution in [-0.2, 0) is 41.7 Å². The zero-order valence-corrected chi connectivity index (χ0v) is 34.9. The molecule has 1 aliphatic rings. The highest BCUT2D eigenvalue weighted by atomic mass is 16.5. The van der Waals surface area contributed by atoms with E-state index in [0.29, 0.717) is 32.4 Å². The molecule has 8 N–H and O–H groups in total. The van der Waals surface area contributed by atoms with Gasteiger partial charge in [0.05, 0.1) is 24.6 Å². The van der Waals surface area contributed by atoms with Gasteiger partial charge in [0.15, 0.2) is 0 Å². The van der Waals surface area contributed by atoms with Crippen molar-refractivity contribution in [1.82, 2.24) is 31.5 Å². The van der Waals surface area contributed by atoms with Crippen LogP contribution in [0.4, 0.5) is 4.79 Å². The normalized spacial score (nSPS) is 17.3. The van der Waals surface area contributed by atoms with Crippen molar-refractivity contribution in [2.75, 3.05) is 19.6 Å². The van der Waals surface area contributed by atoms with Crippen LogP contribution >= 0.6 is 0 Å². The predicted molar refractivity (Wildman–Crippen MR) is 221 cm³/mol. The molecule has 0 spiro atoms.